The third-order valence-corrected chi connectivity index (χ3v) is 9.00. The number of benzene rings is 4. The quantitative estimate of drug-likeness (QED) is 0.243. The van der Waals surface area contributed by atoms with Gasteiger partial charge in [0.2, 0.25) is 0 Å². The molecule has 0 radical (unpaired) electrons. The average Bonchev–Trinajstić information content (AvgIpc) is 3.69. The molecule has 0 fully saturated rings. The van der Waals surface area contributed by atoms with E-state index in [-0.39, 0.29) is 5.41 Å². The molecule has 0 bridgehead atoms. The van der Waals surface area contributed by atoms with Gasteiger partial charge in [-0.05, 0) is 91.5 Å². The van der Waals surface area contributed by atoms with Gasteiger partial charge in [0, 0.05) is 5.41 Å². The summed E-state index contributed by atoms with van der Waals surface area (Å²) in [5, 5.41) is 2.69. The van der Waals surface area contributed by atoms with Gasteiger partial charge in [-0.15, -0.1) is 0 Å². The summed E-state index contributed by atoms with van der Waals surface area (Å²) in [7, 11) is 0. The first-order valence-corrected chi connectivity index (χ1v) is 14.6. The van der Waals surface area contributed by atoms with E-state index in [1.807, 2.05) is 0 Å². The van der Waals surface area contributed by atoms with Crippen LogP contribution in [0.25, 0.3) is 22.8 Å². The van der Waals surface area contributed by atoms with Crippen LogP contribution in [0.3, 0.4) is 0 Å². The van der Waals surface area contributed by atoms with Crippen LogP contribution in [0.15, 0.2) is 144 Å². The maximum atomic E-state index is 2.50. The van der Waals surface area contributed by atoms with Crippen LogP contribution in [-0.4, -0.2) is 0 Å². The first kappa shape index (κ1) is 24.6. The summed E-state index contributed by atoms with van der Waals surface area (Å²) >= 11 is 0. The molecule has 0 N–H and O–H groups in total. The van der Waals surface area contributed by atoms with Gasteiger partial charge < -0.3 is 0 Å². The highest BCUT2D eigenvalue weighted by atomic mass is 14.5. The lowest BCUT2D eigenvalue weighted by atomic mass is 9.56. The predicted molar refractivity (Wildman–Crippen MR) is 170 cm³/mol. The normalized spacial score (nSPS) is 19.4. The highest BCUT2D eigenvalue weighted by Gasteiger charge is 2.47. The second-order valence-electron chi connectivity index (χ2n) is 11.0. The number of hydrogen-bond donors (Lipinski definition) is 0. The standard InChI is InChI=1S/C40H34/c1-3-28-24-25-34-32(26-28)27-35-37(34)36(29-16-8-5-9-17-29)39(31-18-10-6-11-19-31)40(4-2,33-22-12-7-13-23-33)38(35)30-20-14-15-21-30/h5-20,22-27H,3-4,21H2,1-2H3. The molecule has 194 valence electrons. The van der Waals surface area contributed by atoms with Crippen molar-refractivity contribution in [3.05, 3.63) is 177 Å². The van der Waals surface area contributed by atoms with E-state index in [0.29, 0.717) is 0 Å². The summed E-state index contributed by atoms with van der Waals surface area (Å²) in [5.74, 6) is 0. The molecule has 0 saturated carbocycles. The SMILES string of the molecule is CCc1ccc2c(c1)=CC1=C(C3=CC=CC3)C(CC)(c3ccccc3)C(c3ccccc3)=C(c3ccccc3)C=21. The molecule has 4 aromatic carbocycles. The Hall–Kier alpha value is -4.42. The van der Waals surface area contributed by atoms with Crippen molar-refractivity contribution >= 4 is 22.8 Å². The summed E-state index contributed by atoms with van der Waals surface area (Å²) in [6.07, 6.45) is 12.4. The third-order valence-electron chi connectivity index (χ3n) is 9.00. The van der Waals surface area contributed by atoms with Crippen molar-refractivity contribution in [3.63, 3.8) is 0 Å². The zero-order valence-electron chi connectivity index (χ0n) is 23.3. The predicted octanol–water partition coefficient (Wildman–Crippen LogP) is 8.35. The highest BCUT2D eigenvalue weighted by Crippen LogP contribution is 2.60. The Morgan fingerprint density at radius 2 is 1.35 bits per heavy atom. The van der Waals surface area contributed by atoms with Crippen LogP contribution in [-0.2, 0) is 11.8 Å². The molecule has 3 aliphatic rings. The smallest absolute Gasteiger partial charge is 0.0470 e. The summed E-state index contributed by atoms with van der Waals surface area (Å²) in [4.78, 5) is 0. The van der Waals surface area contributed by atoms with Crippen LogP contribution in [0, 0.1) is 0 Å². The van der Waals surface area contributed by atoms with E-state index in [2.05, 4.69) is 147 Å². The lowest BCUT2D eigenvalue weighted by Crippen LogP contribution is -2.36. The van der Waals surface area contributed by atoms with E-state index in [9.17, 15) is 0 Å². The van der Waals surface area contributed by atoms with Crippen LogP contribution in [0.1, 0.15) is 48.9 Å². The third kappa shape index (κ3) is 3.67. The van der Waals surface area contributed by atoms with E-state index in [1.165, 1.54) is 66.1 Å². The minimum Gasteiger partial charge on any atom is -0.0801 e. The summed E-state index contributed by atoms with van der Waals surface area (Å²) < 4.78 is 0. The minimum atomic E-state index is -0.309. The molecule has 0 nitrogen and oxygen atoms in total. The Morgan fingerprint density at radius 1 is 0.675 bits per heavy atom. The van der Waals surface area contributed by atoms with Crippen molar-refractivity contribution in [2.45, 2.75) is 38.5 Å². The number of allylic oxidation sites excluding steroid dienone is 8. The first-order valence-electron chi connectivity index (χ1n) is 14.6. The largest absolute Gasteiger partial charge is 0.0801 e. The Balaban J connectivity index is 1.74. The number of aryl methyl sites for hydroxylation is 1. The van der Waals surface area contributed by atoms with Crippen molar-refractivity contribution in [2.24, 2.45) is 0 Å². The maximum Gasteiger partial charge on any atom is 0.0470 e. The Morgan fingerprint density at radius 3 is 1.98 bits per heavy atom. The number of fused-ring (bicyclic) bond motifs is 2. The first-order chi connectivity index (χ1) is 19.8. The van der Waals surface area contributed by atoms with Gasteiger partial charge in [0.05, 0.1) is 0 Å². The van der Waals surface area contributed by atoms with Crippen LogP contribution in [0.4, 0.5) is 0 Å². The summed E-state index contributed by atoms with van der Waals surface area (Å²) in [6, 6.07) is 40.6. The fourth-order valence-electron chi connectivity index (χ4n) is 7.25. The zero-order valence-corrected chi connectivity index (χ0v) is 23.3. The van der Waals surface area contributed by atoms with E-state index < -0.39 is 0 Å². The molecule has 7 rings (SSSR count). The van der Waals surface area contributed by atoms with Crippen LogP contribution in [0.5, 0.6) is 0 Å². The molecular formula is C40H34. The van der Waals surface area contributed by atoms with Crippen molar-refractivity contribution in [2.75, 3.05) is 0 Å². The van der Waals surface area contributed by atoms with Crippen LogP contribution >= 0.6 is 0 Å². The van der Waals surface area contributed by atoms with Gasteiger partial charge in [-0.2, -0.15) is 0 Å². The van der Waals surface area contributed by atoms with Crippen LogP contribution in [0.2, 0.25) is 0 Å². The molecule has 0 saturated heterocycles. The topological polar surface area (TPSA) is 0 Å². The fraction of sp³-hybridized carbons (Fsp3) is 0.150. The summed E-state index contributed by atoms with van der Waals surface area (Å²) in [5.41, 5.74) is 13.4. The van der Waals surface area contributed by atoms with E-state index in [1.54, 1.807) is 0 Å². The molecule has 0 spiro atoms. The van der Waals surface area contributed by atoms with Crippen molar-refractivity contribution < 1.29 is 0 Å². The van der Waals surface area contributed by atoms with Crippen molar-refractivity contribution in [1.82, 2.24) is 0 Å². The van der Waals surface area contributed by atoms with Crippen molar-refractivity contribution in [1.29, 1.82) is 0 Å². The van der Waals surface area contributed by atoms with Gasteiger partial charge >= 0.3 is 0 Å². The van der Waals surface area contributed by atoms with E-state index in [0.717, 1.165) is 19.3 Å². The molecule has 40 heavy (non-hydrogen) atoms. The molecule has 0 amide bonds. The second-order valence-corrected chi connectivity index (χ2v) is 11.0. The Labute approximate surface area is 237 Å². The molecule has 1 atom stereocenters. The van der Waals surface area contributed by atoms with Crippen LogP contribution < -0.4 is 10.4 Å². The molecule has 0 heteroatoms. The van der Waals surface area contributed by atoms with Gasteiger partial charge in [0.1, 0.15) is 0 Å². The zero-order chi connectivity index (χ0) is 27.1. The molecule has 0 heterocycles. The van der Waals surface area contributed by atoms with Gasteiger partial charge in [-0.25, -0.2) is 0 Å². The lowest BCUT2D eigenvalue weighted by molar-refractivity contribution is 0.622. The molecular weight excluding hydrogens is 480 g/mol. The Bertz CT molecular complexity index is 1840. The highest BCUT2D eigenvalue weighted by molar-refractivity contribution is 6.23. The monoisotopic (exact) mass is 514 g/mol. The van der Waals surface area contributed by atoms with E-state index >= 15 is 0 Å². The second kappa shape index (κ2) is 9.96. The van der Waals surface area contributed by atoms with E-state index in [4.69, 9.17) is 0 Å². The fourth-order valence-corrected chi connectivity index (χ4v) is 7.25. The molecule has 3 aliphatic carbocycles. The number of hydrogen-bond acceptors (Lipinski definition) is 0. The summed E-state index contributed by atoms with van der Waals surface area (Å²) in [6.45, 7) is 4.63. The van der Waals surface area contributed by atoms with Gasteiger partial charge in [0.25, 0.3) is 0 Å². The average molecular weight is 515 g/mol. The van der Waals surface area contributed by atoms with Crippen molar-refractivity contribution in [3.8, 4) is 0 Å². The number of rotatable bonds is 6. The van der Waals surface area contributed by atoms with Gasteiger partial charge in [-0.3, -0.25) is 0 Å². The molecule has 4 aromatic rings. The van der Waals surface area contributed by atoms with Gasteiger partial charge in [-0.1, -0.05) is 141 Å². The lowest BCUT2D eigenvalue weighted by Gasteiger charge is -2.46. The molecule has 1 unspecified atom stereocenters. The molecule has 0 aliphatic heterocycles. The maximum absolute atomic E-state index is 2.50. The minimum absolute atomic E-state index is 0.309. The van der Waals surface area contributed by atoms with Gasteiger partial charge in [0.15, 0.2) is 0 Å². The molecule has 0 aromatic heterocycles. The Kier molecular flexibility index (Phi) is 6.13.